The number of sulfone groups is 1. The fourth-order valence-corrected chi connectivity index (χ4v) is 2.62. The van der Waals surface area contributed by atoms with Crippen molar-refractivity contribution in [3.63, 3.8) is 0 Å². The van der Waals surface area contributed by atoms with Crippen molar-refractivity contribution in [1.82, 2.24) is 9.78 Å². The third-order valence-electron chi connectivity index (χ3n) is 2.20. The number of rotatable bonds is 6. The molecule has 0 saturated heterocycles. The second-order valence-corrected chi connectivity index (χ2v) is 7.07. The number of aryl methyl sites for hydroxylation is 1. The van der Waals surface area contributed by atoms with Crippen LogP contribution in [0.15, 0.2) is 11.1 Å². The van der Waals surface area contributed by atoms with Gasteiger partial charge in [-0.15, -0.1) is 11.8 Å². The summed E-state index contributed by atoms with van der Waals surface area (Å²) in [5, 5.41) is 4.08. The van der Waals surface area contributed by atoms with Gasteiger partial charge >= 0.3 is 0 Å². The van der Waals surface area contributed by atoms with Crippen molar-refractivity contribution in [3.05, 3.63) is 6.20 Å². The van der Waals surface area contributed by atoms with Crippen LogP contribution in [0.4, 0.5) is 5.82 Å². The quantitative estimate of drug-likeness (QED) is 0.775. The summed E-state index contributed by atoms with van der Waals surface area (Å²) in [7, 11) is -2.96. The fourth-order valence-electron chi connectivity index (χ4n) is 1.19. The smallest absolute Gasteiger partial charge is 0.151 e. The molecule has 92 valence electrons. The Bertz CT molecular complexity index is 440. The predicted octanol–water partition coefficient (Wildman–Crippen LogP) is 1.01. The first kappa shape index (κ1) is 13.4. The second-order valence-electron chi connectivity index (χ2n) is 3.29. The van der Waals surface area contributed by atoms with Gasteiger partial charge < -0.3 is 5.73 Å². The highest BCUT2D eigenvalue weighted by Crippen LogP contribution is 2.23. The molecule has 1 rings (SSSR count). The van der Waals surface area contributed by atoms with Gasteiger partial charge in [0.15, 0.2) is 9.84 Å². The lowest BCUT2D eigenvalue weighted by Gasteiger charge is -2.04. The molecule has 0 atom stereocenters. The van der Waals surface area contributed by atoms with Crippen molar-refractivity contribution in [3.8, 4) is 0 Å². The molecule has 1 heterocycles. The lowest BCUT2D eigenvalue weighted by atomic mass is 10.6. The largest absolute Gasteiger partial charge is 0.383 e. The summed E-state index contributed by atoms with van der Waals surface area (Å²) in [5.41, 5.74) is 5.85. The zero-order valence-electron chi connectivity index (χ0n) is 9.51. The van der Waals surface area contributed by atoms with Crippen LogP contribution in [-0.4, -0.2) is 35.5 Å². The summed E-state index contributed by atoms with van der Waals surface area (Å²) in [4.78, 5) is 0.913. The van der Waals surface area contributed by atoms with Crippen LogP contribution in [0.3, 0.4) is 0 Å². The zero-order valence-corrected chi connectivity index (χ0v) is 11.1. The third kappa shape index (κ3) is 3.41. The molecule has 0 aromatic carbocycles. The molecule has 1 aromatic heterocycles. The first-order chi connectivity index (χ1) is 7.50. The van der Waals surface area contributed by atoms with Crippen molar-refractivity contribution >= 4 is 27.4 Å². The highest BCUT2D eigenvalue weighted by Gasteiger charge is 2.11. The fraction of sp³-hybridized carbons (Fsp3) is 0.667. The summed E-state index contributed by atoms with van der Waals surface area (Å²) < 4.78 is 24.2. The van der Waals surface area contributed by atoms with Crippen LogP contribution in [0.1, 0.15) is 13.8 Å². The van der Waals surface area contributed by atoms with Gasteiger partial charge in [-0.2, -0.15) is 5.10 Å². The molecule has 0 radical (unpaired) electrons. The average Bonchev–Trinajstić information content (AvgIpc) is 2.59. The maximum atomic E-state index is 11.3. The van der Waals surface area contributed by atoms with Gasteiger partial charge in [-0.3, -0.25) is 0 Å². The monoisotopic (exact) mass is 263 g/mol. The SMILES string of the molecule is CCSc1cnn(CCS(=O)(=O)CC)c1N. The van der Waals surface area contributed by atoms with Gasteiger partial charge in [0, 0.05) is 5.75 Å². The molecule has 1 aromatic rings. The Morgan fingerprint density at radius 1 is 1.50 bits per heavy atom. The van der Waals surface area contributed by atoms with Gasteiger partial charge in [0.1, 0.15) is 5.82 Å². The van der Waals surface area contributed by atoms with Crippen LogP contribution < -0.4 is 5.73 Å². The van der Waals surface area contributed by atoms with Gasteiger partial charge in [-0.05, 0) is 5.75 Å². The van der Waals surface area contributed by atoms with Crippen molar-refractivity contribution in [2.45, 2.75) is 25.3 Å². The number of nitrogen functional groups attached to an aromatic ring is 1. The zero-order chi connectivity index (χ0) is 12.2. The maximum absolute atomic E-state index is 11.3. The minimum atomic E-state index is -2.96. The van der Waals surface area contributed by atoms with Crippen LogP contribution in [0.25, 0.3) is 0 Å². The van der Waals surface area contributed by atoms with E-state index >= 15 is 0 Å². The van der Waals surface area contributed by atoms with Gasteiger partial charge in [-0.1, -0.05) is 13.8 Å². The van der Waals surface area contributed by atoms with E-state index < -0.39 is 9.84 Å². The average molecular weight is 263 g/mol. The van der Waals surface area contributed by atoms with Crippen LogP contribution in [-0.2, 0) is 16.4 Å². The predicted molar refractivity (Wildman–Crippen MR) is 67.4 cm³/mol. The van der Waals surface area contributed by atoms with E-state index in [1.807, 2.05) is 6.92 Å². The van der Waals surface area contributed by atoms with Crippen molar-refractivity contribution in [1.29, 1.82) is 0 Å². The Morgan fingerprint density at radius 2 is 2.19 bits per heavy atom. The van der Waals surface area contributed by atoms with E-state index in [1.165, 1.54) is 0 Å². The Morgan fingerprint density at radius 3 is 2.75 bits per heavy atom. The van der Waals surface area contributed by atoms with Crippen molar-refractivity contribution in [2.24, 2.45) is 0 Å². The number of anilines is 1. The van der Waals surface area contributed by atoms with E-state index in [0.717, 1.165) is 10.6 Å². The molecule has 0 bridgehead atoms. The number of hydrogen-bond acceptors (Lipinski definition) is 5. The third-order valence-corrected chi connectivity index (χ3v) is 4.80. The number of hydrogen-bond donors (Lipinski definition) is 1. The molecule has 0 fully saturated rings. The number of nitrogens with zero attached hydrogens (tertiary/aromatic N) is 2. The van der Waals surface area contributed by atoms with E-state index in [9.17, 15) is 8.42 Å². The first-order valence-electron chi connectivity index (χ1n) is 5.14. The Kier molecular flexibility index (Phi) is 4.67. The summed E-state index contributed by atoms with van der Waals surface area (Å²) in [6, 6.07) is 0. The lowest BCUT2D eigenvalue weighted by Crippen LogP contribution is -2.16. The van der Waals surface area contributed by atoms with Crippen molar-refractivity contribution < 1.29 is 8.42 Å². The molecule has 16 heavy (non-hydrogen) atoms. The van der Waals surface area contributed by atoms with E-state index in [4.69, 9.17) is 5.73 Å². The molecule has 0 unspecified atom stereocenters. The molecule has 7 heteroatoms. The van der Waals surface area contributed by atoms with E-state index in [-0.39, 0.29) is 11.5 Å². The van der Waals surface area contributed by atoms with Crippen LogP contribution in [0.5, 0.6) is 0 Å². The minimum absolute atomic E-state index is 0.0889. The minimum Gasteiger partial charge on any atom is -0.383 e. The topological polar surface area (TPSA) is 78.0 Å². The summed E-state index contributed by atoms with van der Waals surface area (Å²) in [6.45, 7) is 4.00. The molecule has 0 spiro atoms. The summed E-state index contributed by atoms with van der Waals surface area (Å²) >= 11 is 1.60. The van der Waals surface area contributed by atoms with Gasteiger partial charge in [-0.25, -0.2) is 13.1 Å². The Balaban J connectivity index is 2.68. The molecular weight excluding hydrogens is 246 g/mol. The number of thioether (sulfide) groups is 1. The normalized spacial score (nSPS) is 11.9. The van der Waals surface area contributed by atoms with Gasteiger partial charge in [0.2, 0.25) is 0 Å². The van der Waals surface area contributed by atoms with Gasteiger partial charge in [0.05, 0.1) is 23.4 Å². The van der Waals surface area contributed by atoms with Crippen LogP contribution in [0.2, 0.25) is 0 Å². The molecular formula is C9H17N3O2S2. The molecule has 0 amide bonds. The van der Waals surface area contributed by atoms with Gasteiger partial charge in [0.25, 0.3) is 0 Å². The van der Waals surface area contributed by atoms with Crippen LogP contribution in [0, 0.1) is 0 Å². The highest BCUT2D eigenvalue weighted by molar-refractivity contribution is 7.99. The molecule has 0 aliphatic heterocycles. The second kappa shape index (κ2) is 5.58. The standard InChI is InChI=1S/C9H17N3O2S2/c1-3-15-8-7-11-12(9(8)10)5-6-16(13,14)4-2/h7H,3-6,10H2,1-2H3. The first-order valence-corrected chi connectivity index (χ1v) is 7.95. The molecule has 2 N–H and O–H groups in total. The Hall–Kier alpha value is -0.690. The molecule has 0 aliphatic carbocycles. The van der Waals surface area contributed by atoms with Crippen LogP contribution >= 0.6 is 11.8 Å². The number of aromatic nitrogens is 2. The molecule has 0 aliphatic rings. The van der Waals surface area contributed by atoms with E-state index in [2.05, 4.69) is 5.10 Å². The van der Waals surface area contributed by atoms with E-state index in [0.29, 0.717) is 12.4 Å². The summed E-state index contributed by atoms with van der Waals surface area (Å²) in [5.74, 6) is 1.72. The van der Waals surface area contributed by atoms with E-state index in [1.54, 1.807) is 29.6 Å². The number of nitrogens with two attached hydrogens (primary N) is 1. The highest BCUT2D eigenvalue weighted by atomic mass is 32.2. The molecule has 5 nitrogen and oxygen atoms in total. The lowest BCUT2D eigenvalue weighted by molar-refractivity contribution is 0.583. The van der Waals surface area contributed by atoms with Crippen molar-refractivity contribution in [2.75, 3.05) is 23.0 Å². The summed E-state index contributed by atoms with van der Waals surface area (Å²) in [6.07, 6.45) is 1.68. The Labute approximate surface area is 100 Å². The molecule has 0 saturated carbocycles. The maximum Gasteiger partial charge on any atom is 0.151 e.